The van der Waals surface area contributed by atoms with Gasteiger partial charge >= 0.3 is 0 Å². The zero-order chi connectivity index (χ0) is 16.3. The second-order valence-corrected chi connectivity index (χ2v) is 10.1. The molecule has 0 amide bonds. The number of benzene rings is 1. The highest BCUT2D eigenvalue weighted by Gasteiger charge is 2.25. The third-order valence-corrected chi connectivity index (χ3v) is 7.61. The van der Waals surface area contributed by atoms with Crippen LogP contribution < -0.4 is 4.72 Å². The van der Waals surface area contributed by atoms with E-state index in [1.165, 1.54) is 16.9 Å². The van der Waals surface area contributed by atoms with Crippen LogP contribution in [0.4, 0.5) is 0 Å². The minimum atomic E-state index is -3.40. The fourth-order valence-corrected chi connectivity index (χ4v) is 6.10. The fraction of sp³-hybridized carbons (Fsp3) is 0.375. The zero-order valence-electron chi connectivity index (χ0n) is 13.0. The monoisotopic (exact) mass is 450 g/mol. The third kappa shape index (κ3) is 5.28. The Hall–Kier alpha value is -0.440. The summed E-state index contributed by atoms with van der Waals surface area (Å²) in [6, 6.07) is 13.8. The number of hydrogen-bond acceptors (Lipinski definition) is 4. The molecule has 0 aliphatic carbocycles. The van der Waals surface area contributed by atoms with Crippen LogP contribution in [-0.2, 0) is 16.6 Å². The van der Waals surface area contributed by atoms with Gasteiger partial charge in [0.2, 0.25) is 10.0 Å². The summed E-state index contributed by atoms with van der Waals surface area (Å²) in [5, 5.41) is 0. The predicted octanol–water partition coefficient (Wildman–Crippen LogP) is 3.88. The fourth-order valence-electron chi connectivity index (χ4n) is 2.77. The van der Waals surface area contributed by atoms with Gasteiger partial charge in [0.15, 0.2) is 0 Å². The number of piperidine rings is 1. The normalized spacial score (nSPS) is 16.7. The van der Waals surface area contributed by atoms with Gasteiger partial charge in [0.25, 0.3) is 0 Å². The minimum absolute atomic E-state index is 0. The molecule has 24 heavy (non-hydrogen) atoms. The lowest BCUT2D eigenvalue weighted by Gasteiger charge is -2.32. The Morgan fingerprint density at radius 1 is 1.12 bits per heavy atom. The topological polar surface area (TPSA) is 49.4 Å². The van der Waals surface area contributed by atoms with Gasteiger partial charge in [0.1, 0.15) is 4.21 Å². The maximum absolute atomic E-state index is 12.4. The van der Waals surface area contributed by atoms with Crippen molar-refractivity contribution < 1.29 is 8.42 Å². The molecule has 1 saturated heterocycles. The lowest BCUT2D eigenvalue weighted by molar-refractivity contribution is 0.200. The molecule has 3 rings (SSSR count). The highest BCUT2D eigenvalue weighted by atomic mass is 79.9. The van der Waals surface area contributed by atoms with Crippen LogP contribution >= 0.6 is 39.7 Å². The molecule has 132 valence electrons. The molecule has 1 fully saturated rings. The van der Waals surface area contributed by atoms with E-state index in [1.807, 2.05) is 6.07 Å². The van der Waals surface area contributed by atoms with E-state index >= 15 is 0 Å². The summed E-state index contributed by atoms with van der Waals surface area (Å²) in [6.07, 6.45) is 1.69. The molecular formula is C16H20BrClN2O2S2. The van der Waals surface area contributed by atoms with Gasteiger partial charge in [-0.3, -0.25) is 4.90 Å². The molecule has 0 saturated carbocycles. The van der Waals surface area contributed by atoms with Crippen molar-refractivity contribution in [1.29, 1.82) is 0 Å². The minimum Gasteiger partial charge on any atom is -0.299 e. The first-order chi connectivity index (χ1) is 11.0. The highest BCUT2D eigenvalue weighted by Crippen LogP contribution is 2.26. The van der Waals surface area contributed by atoms with E-state index in [1.54, 1.807) is 12.1 Å². The Bertz CT molecular complexity index is 744. The average molecular weight is 452 g/mol. The van der Waals surface area contributed by atoms with Gasteiger partial charge < -0.3 is 0 Å². The van der Waals surface area contributed by atoms with Crippen LogP contribution in [0.1, 0.15) is 18.4 Å². The Labute approximate surface area is 161 Å². The molecule has 2 heterocycles. The van der Waals surface area contributed by atoms with Crippen molar-refractivity contribution >= 4 is 49.7 Å². The lowest BCUT2D eigenvalue weighted by atomic mass is 10.1. The Morgan fingerprint density at radius 2 is 1.79 bits per heavy atom. The van der Waals surface area contributed by atoms with Crippen LogP contribution in [0.2, 0.25) is 0 Å². The van der Waals surface area contributed by atoms with E-state index in [4.69, 9.17) is 0 Å². The maximum Gasteiger partial charge on any atom is 0.250 e. The predicted molar refractivity (Wildman–Crippen MR) is 104 cm³/mol. The van der Waals surface area contributed by atoms with Crippen LogP contribution in [-0.4, -0.2) is 32.4 Å². The number of nitrogens with one attached hydrogen (secondary N) is 1. The quantitative estimate of drug-likeness (QED) is 0.750. The van der Waals surface area contributed by atoms with Crippen molar-refractivity contribution in [1.82, 2.24) is 9.62 Å². The van der Waals surface area contributed by atoms with E-state index in [0.717, 1.165) is 36.3 Å². The molecule has 1 aliphatic heterocycles. The van der Waals surface area contributed by atoms with Gasteiger partial charge in [-0.2, -0.15) is 0 Å². The van der Waals surface area contributed by atoms with Crippen LogP contribution in [0.5, 0.6) is 0 Å². The van der Waals surface area contributed by atoms with Crippen molar-refractivity contribution in [2.45, 2.75) is 29.6 Å². The average Bonchev–Trinajstić information content (AvgIpc) is 2.98. The molecule has 0 bridgehead atoms. The van der Waals surface area contributed by atoms with Crippen molar-refractivity contribution in [3.63, 3.8) is 0 Å². The van der Waals surface area contributed by atoms with Gasteiger partial charge in [-0.1, -0.05) is 30.3 Å². The second-order valence-electron chi connectivity index (χ2n) is 5.72. The van der Waals surface area contributed by atoms with Crippen molar-refractivity contribution in [3.8, 4) is 0 Å². The van der Waals surface area contributed by atoms with Crippen LogP contribution in [0, 0.1) is 0 Å². The summed E-state index contributed by atoms with van der Waals surface area (Å²) in [6.45, 7) is 2.75. The van der Waals surface area contributed by atoms with E-state index in [0.29, 0.717) is 4.21 Å². The number of hydrogen-bond donors (Lipinski definition) is 1. The van der Waals surface area contributed by atoms with Gasteiger partial charge in [-0.25, -0.2) is 13.1 Å². The smallest absolute Gasteiger partial charge is 0.250 e. The van der Waals surface area contributed by atoms with E-state index in [2.05, 4.69) is 49.8 Å². The summed E-state index contributed by atoms with van der Waals surface area (Å²) in [5.41, 5.74) is 1.30. The number of sulfonamides is 1. The van der Waals surface area contributed by atoms with Gasteiger partial charge in [-0.05, 0) is 46.5 Å². The maximum atomic E-state index is 12.4. The standard InChI is InChI=1S/C16H19BrN2O2S2.ClH/c17-15-6-7-16(22-15)23(20,21)18-14-8-10-19(11-9-14)12-13-4-2-1-3-5-13;/h1-7,14,18H,8-12H2;1H. The summed E-state index contributed by atoms with van der Waals surface area (Å²) < 4.78 is 28.7. The molecule has 8 heteroatoms. The highest BCUT2D eigenvalue weighted by molar-refractivity contribution is 9.11. The first kappa shape index (κ1) is 19.9. The largest absolute Gasteiger partial charge is 0.299 e. The first-order valence-electron chi connectivity index (χ1n) is 7.57. The molecule has 1 N–H and O–H groups in total. The molecule has 0 spiro atoms. The zero-order valence-corrected chi connectivity index (χ0v) is 17.1. The summed E-state index contributed by atoms with van der Waals surface area (Å²) in [5.74, 6) is 0. The molecule has 2 aromatic rings. The molecule has 0 unspecified atom stereocenters. The summed E-state index contributed by atoms with van der Waals surface area (Å²) >= 11 is 4.55. The molecule has 4 nitrogen and oxygen atoms in total. The molecule has 1 aromatic carbocycles. The van der Waals surface area contributed by atoms with Gasteiger partial charge in [0.05, 0.1) is 3.79 Å². The molecular weight excluding hydrogens is 432 g/mol. The molecule has 0 radical (unpaired) electrons. The molecule has 1 aromatic heterocycles. The number of thiophene rings is 1. The summed E-state index contributed by atoms with van der Waals surface area (Å²) in [4.78, 5) is 2.38. The van der Waals surface area contributed by atoms with Crippen molar-refractivity contribution in [2.75, 3.05) is 13.1 Å². The second kappa shape index (κ2) is 8.78. The first-order valence-corrected chi connectivity index (χ1v) is 10.7. The Kier molecular flexibility index (Phi) is 7.27. The van der Waals surface area contributed by atoms with E-state index < -0.39 is 10.0 Å². The Balaban J connectivity index is 0.00000208. The van der Waals surface area contributed by atoms with Gasteiger partial charge in [0, 0.05) is 25.7 Å². The SMILES string of the molecule is Cl.O=S(=O)(NC1CCN(Cc2ccccc2)CC1)c1ccc(Br)s1. The van der Waals surface area contributed by atoms with Crippen molar-refractivity contribution in [3.05, 3.63) is 51.8 Å². The molecule has 0 atom stereocenters. The van der Waals surface area contributed by atoms with E-state index in [9.17, 15) is 8.42 Å². The third-order valence-electron chi connectivity index (χ3n) is 3.97. The number of likely N-dealkylation sites (tertiary alicyclic amines) is 1. The Morgan fingerprint density at radius 3 is 2.38 bits per heavy atom. The van der Waals surface area contributed by atoms with E-state index in [-0.39, 0.29) is 18.4 Å². The van der Waals surface area contributed by atoms with Crippen LogP contribution in [0.15, 0.2) is 50.5 Å². The van der Waals surface area contributed by atoms with Crippen LogP contribution in [0.3, 0.4) is 0 Å². The number of halogens is 2. The van der Waals surface area contributed by atoms with Gasteiger partial charge in [-0.15, -0.1) is 23.7 Å². The molecule has 1 aliphatic rings. The lowest BCUT2D eigenvalue weighted by Crippen LogP contribution is -2.44. The summed E-state index contributed by atoms with van der Waals surface area (Å²) in [7, 11) is -3.40. The number of nitrogens with zero attached hydrogens (tertiary/aromatic N) is 1. The number of rotatable bonds is 5. The van der Waals surface area contributed by atoms with Crippen molar-refractivity contribution in [2.24, 2.45) is 0 Å². The van der Waals surface area contributed by atoms with Crippen LogP contribution in [0.25, 0.3) is 0 Å².